The van der Waals surface area contributed by atoms with Gasteiger partial charge in [-0.25, -0.2) is 4.39 Å². The molecule has 1 aliphatic rings. The van der Waals surface area contributed by atoms with Crippen molar-refractivity contribution in [1.29, 1.82) is 0 Å². The number of halogens is 2. The molecule has 0 saturated carbocycles. The van der Waals surface area contributed by atoms with Crippen molar-refractivity contribution in [2.75, 3.05) is 44.2 Å². The molecule has 1 heterocycles. The highest BCUT2D eigenvalue weighted by molar-refractivity contribution is 5.98. The van der Waals surface area contributed by atoms with Crippen LogP contribution in [0.25, 0.3) is 0 Å². The first kappa shape index (κ1) is 26.7. The van der Waals surface area contributed by atoms with E-state index in [2.05, 4.69) is 21.9 Å². The fourth-order valence-corrected chi connectivity index (χ4v) is 4.25. The number of ether oxygens (including phenoxy) is 1. The number of benzene rings is 3. The van der Waals surface area contributed by atoms with E-state index < -0.39 is 11.9 Å². The molecule has 1 N–H and O–H groups in total. The summed E-state index contributed by atoms with van der Waals surface area (Å²) < 4.78 is 19.6. The summed E-state index contributed by atoms with van der Waals surface area (Å²) in [5.74, 6) is -0.343. The number of aliphatic hydroxyl groups excluding tert-OH is 1. The molecular weight excluding hydrogens is 467 g/mol. The van der Waals surface area contributed by atoms with Crippen molar-refractivity contribution < 1.29 is 19.0 Å². The monoisotopic (exact) mass is 498 g/mol. The van der Waals surface area contributed by atoms with Crippen molar-refractivity contribution in [2.45, 2.75) is 18.9 Å². The first-order chi connectivity index (χ1) is 16.6. The summed E-state index contributed by atoms with van der Waals surface area (Å²) >= 11 is 0. The maximum Gasteiger partial charge on any atom is 0.167 e. The van der Waals surface area contributed by atoms with E-state index in [9.17, 15) is 14.3 Å². The third-order valence-electron chi connectivity index (χ3n) is 6.12. The van der Waals surface area contributed by atoms with Crippen molar-refractivity contribution in [3.05, 3.63) is 95.8 Å². The molecule has 1 unspecified atom stereocenters. The number of piperazine rings is 1. The third-order valence-corrected chi connectivity index (χ3v) is 6.12. The third kappa shape index (κ3) is 7.79. The predicted molar refractivity (Wildman–Crippen MR) is 139 cm³/mol. The second-order valence-corrected chi connectivity index (χ2v) is 8.64. The first-order valence-corrected chi connectivity index (χ1v) is 11.8. The molecule has 7 heteroatoms. The number of hydrogen-bond acceptors (Lipinski definition) is 5. The summed E-state index contributed by atoms with van der Waals surface area (Å²) in [6, 6.07) is 24.0. The highest BCUT2D eigenvalue weighted by Gasteiger charge is 2.21. The summed E-state index contributed by atoms with van der Waals surface area (Å²) in [6.07, 6.45) is 0.131. The average Bonchev–Trinajstić information content (AvgIpc) is 2.88. The Balaban J connectivity index is 0.00000342. The van der Waals surface area contributed by atoms with Crippen LogP contribution < -0.4 is 9.64 Å². The minimum atomic E-state index is -0.708. The molecule has 0 bridgehead atoms. The first-order valence-electron chi connectivity index (χ1n) is 11.8. The molecule has 0 aliphatic carbocycles. The Morgan fingerprint density at radius 1 is 0.943 bits per heavy atom. The van der Waals surface area contributed by atoms with Crippen LogP contribution in [-0.2, 0) is 6.42 Å². The molecule has 186 valence electrons. The molecule has 4 rings (SSSR count). The lowest BCUT2D eigenvalue weighted by atomic mass is 10.0. The highest BCUT2D eigenvalue weighted by Crippen LogP contribution is 2.23. The molecule has 1 atom stereocenters. The predicted octanol–water partition coefficient (Wildman–Crippen LogP) is 4.62. The molecule has 1 aliphatic heterocycles. The second-order valence-electron chi connectivity index (χ2n) is 8.64. The second kappa shape index (κ2) is 13.2. The molecular formula is C28H32ClFN2O3. The van der Waals surface area contributed by atoms with E-state index in [0.717, 1.165) is 31.7 Å². The summed E-state index contributed by atoms with van der Waals surface area (Å²) in [6.45, 7) is 4.04. The standard InChI is InChI=1S/C28H31FN2O3.ClH/c29-23-12-14-28(26(19-23)27(33)13-11-22-7-3-1-4-8-22)34-21-25(32)20-30-15-17-31(18-16-30)24-9-5-2-6-10-24;/h1-10,12,14,19,25,32H,11,13,15-18,20-21H2;1H. The van der Waals surface area contributed by atoms with Gasteiger partial charge in [0, 0.05) is 44.8 Å². The molecule has 3 aromatic carbocycles. The van der Waals surface area contributed by atoms with E-state index in [-0.39, 0.29) is 36.8 Å². The maximum absolute atomic E-state index is 13.9. The quantitative estimate of drug-likeness (QED) is 0.413. The minimum Gasteiger partial charge on any atom is -0.490 e. The van der Waals surface area contributed by atoms with E-state index in [1.54, 1.807) is 0 Å². The topological polar surface area (TPSA) is 53.0 Å². The Hall–Kier alpha value is -2.93. The molecule has 0 radical (unpaired) electrons. The lowest BCUT2D eigenvalue weighted by molar-refractivity contribution is 0.0655. The largest absolute Gasteiger partial charge is 0.490 e. The lowest BCUT2D eigenvalue weighted by Gasteiger charge is -2.36. The van der Waals surface area contributed by atoms with E-state index in [1.165, 1.54) is 23.9 Å². The number of Topliss-reactive ketones (excluding diaryl/α,β-unsaturated/α-hetero) is 1. The van der Waals surface area contributed by atoms with Crippen molar-refractivity contribution in [3.63, 3.8) is 0 Å². The van der Waals surface area contributed by atoms with Crippen LogP contribution in [0.1, 0.15) is 22.3 Å². The summed E-state index contributed by atoms with van der Waals surface area (Å²) in [7, 11) is 0. The smallest absolute Gasteiger partial charge is 0.167 e. The number of anilines is 1. The van der Waals surface area contributed by atoms with Gasteiger partial charge in [-0.2, -0.15) is 0 Å². The Labute approximate surface area is 212 Å². The normalized spacial score (nSPS) is 14.7. The molecule has 1 fully saturated rings. The average molecular weight is 499 g/mol. The molecule has 1 saturated heterocycles. The van der Waals surface area contributed by atoms with Gasteiger partial charge in [0.15, 0.2) is 5.78 Å². The number of ketones is 1. The van der Waals surface area contributed by atoms with Crippen LogP contribution in [0, 0.1) is 5.82 Å². The van der Waals surface area contributed by atoms with Crippen LogP contribution in [0.3, 0.4) is 0 Å². The molecule has 35 heavy (non-hydrogen) atoms. The van der Waals surface area contributed by atoms with Crippen LogP contribution in [0.15, 0.2) is 78.9 Å². The summed E-state index contributed by atoms with van der Waals surface area (Å²) in [5, 5.41) is 10.5. The van der Waals surface area contributed by atoms with Gasteiger partial charge in [-0.3, -0.25) is 9.69 Å². The van der Waals surface area contributed by atoms with Gasteiger partial charge < -0.3 is 14.7 Å². The van der Waals surface area contributed by atoms with Gasteiger partial charge in [-0.1, -0.05) is 48.5 Å². The Morgan fingerprint density at radius 2 is 1.60 bits per heavy atom. The fourth-order valence-electron chi connectivity index (χ4n) is 4.25. The van der Waals surface area contributed by atoms with E-state index in [1.807, 2.05) is 48.5 Å². The fraction of sp³-hybridized carbons (Fsp3) is 0.321. The van der Waals surface area contributed by atoms with Crippen LogP contribution in [0.4, 0.5) is 10.1 Å². The van der Waals surface area contributed by atoms with E-state index in [4.69, 9.17) is 4.74 Å². The van der Waals surface area contributed by atoms with Crippen LogP contribution in [0.2, 0.25) is 0 Å². The summed E-state index contributed by atoms with van der Waals surface area (Å²) in [5.41, 5.74) is 2.49. The van der Waals surface area contributed by atoms with E-state index >= 15 is 0 Å². The van der Waals surface area contributed by atoms with Gasteiger partial charge >= 0.3 is 0 Å². The molecule has 0 amide bonds. The van der Waals surface area contributed by atoms with Crippen molar-refractivity contribution in [1.82, 2.24) is 4.90 Å². The number of aliphatic hydroxyl groups is 1. The van der Waals surface area contributed by atoms with Crippen LogP contribution in [0.5, 0.6) is 5.75 Å². The zero-order chi connectivity index (χ0) is 23.8. The number of rotatable bonds is 10. The zero-order valence-electron chi connectivity index (χ0n) is 19.7. The number of nitrogens with zero attached hydrogens (tertiary/aromatic N) is 2. The lowest BCUT2D eigenvalue weighted by Crippen LogP contribution is -2.49. The number of para-hydroxylation sites is 1. The van der Waals surface area contributed by atoms with Crippen molar-refractivity contribution in [2.24, 2.45) is 0 Å². The Bertz CT molecular complexity index is 1060. The maximum atomic E-state index is 13.9. The van der Waals surface area contributed by atoms with Crippen molar-refractivity contribution >= 4 is 23.9 Å². The Morgan fingerprint density at radius 3 is 2.29 bits per heavy atom. The highest BCUT2D eigenvalue weighted by atomic mass is 35.5. The zero-order valence-corrected chi connectivity index (χ0v) is 20.5. The summed E-state index contributed by atoms with van der Waals surface area (Å²) in [4.78, 5) is 17.3. The number of aryl methyl sites for hydroxylation is 1. The van der Waals surface area contributed by atoms with Gasteiger partial charge in [-0.15, -0.1) is 12.4 Å². The molecule has 0 spiro atoms. The molecule has 5 nitrogen and oxygen atoms in total. The van der Waals surface area contributed by atoms with Gasteiger partial charge in [0.1, 0.15) is 24.3 Å². The number of hydrogen-bond donors (Lipinski definition) is 1. The van der Waals surface area contributed by atoms with Crippen molar-refractivity contribution in [3.8, 4) is 5.75 Å². The number of β-amino-alcohol motifs (C(OH)–C–C–N with tert-alkyl or cyclic N) is 1. The van der Waals surface area contributed by atoms with Gasteiger partial charge in [-0.05, 0) is 42.3 Å². The molecule has 0 aromatic heterocycles. The molecule has 3 aromatic rings. The Kier molecular flexibility index (Phi) is 10.1. The van der Waals surface area contributed by atoms with Crippen LogP contribution >= 0.6 is 12.4 Å². The minimum absolute atomic E-state index is 0. The number of carbonyl (C=O) groups excluding carboxylic acids is 1. The van der Waals surface area contributed by atoms with E-state index in [0.29, 0.717) is 18.7 Å². The van der Waals surface area contributed by atoms with Gasteiger partial charge in [0.2, 0.25) is 0 Å². The van der Waals surface area contributed by atoms with Gasteiger partial charge in [0.25, 0.3) is 0 Å². The SMILES string of the molecule is Cl.O=C(CCc1ccccc1)c1cc(F)ccc1OCC(O)CN1CCN(c2ccccc2)CC1. The van der Waals surface area contributed by atoms with Crippen LogP contribution in [-0.4, -0.2) is 61.2 Å². The number of carbonyl (C=O) groups is 1. The van der Waals surface area contributed by atoms with Gasteiger partial charge in [0.05, 0.1) is 5.56 Å².